The molecule has 0 saturated carbocycles. The Morgan fingerprint density at radius 2 is 1.70 bits per heavy atom. The van der Waals surface area contributed by atoms with E-state index in [1.54, 1.807) is 14.2 Å². The van der Waals surface area contributed by atoms with Crippen LogP contribution >= 0.6 is 0 Å². The van der Waals surface area contributed by atoms with Crippen LogP contribution in [0.15, 0.2) is 36.4 Å². The second kappa shape index (κ2) is 5.87. The number of benzene rings is 2. The minimum absolute atomic E-state index is 0.388. The molecule has 0 aromatic heterocycles. The van der Waals surface area contributed by atoms with Crippen molar-refractivity contribution in [1.82, 2.24) is 0 Å². The molecule has 2 N–H and O–H groups in total. The van der Waals surface area contributed by atoms with Crippen molar-refractivity contribution in [3.63, 3.8) is 0 Å². The third-order valence-corrected chi connectivity index (χ3v) is 3.46. The average molecular weight is 271 g/mol. The quantitative estimate of drug-likeness (QED) is 0.852. The Labute approximate surface area is 120 Å². The number of methoxy groups -OCH3 is 2. The predicted octanol–water partition coefficient (Wildman–Crippen LogP) is 4.08. The first kappa shape index (κ1) is 14.3. The second-order valence-corrected chi connectivity index (χ2v) is 5.03. The lowest BCUT2D eigenvalue weighted by molar-refractivity contribution is 0.395. The van der Waals surface area contributed by atoms with Gasteiger partial charge in [-0.3, -0.25) is 0 Å². The van der Waals surface area contributed by atoms with Crippen molar-refractivity contribution in [2.45, 2.75) is 19.8 Å². The monoisotopic (exact) mass is 271 g/mol. The van der Waals surface area contributed by atoms with Crippen molar-refractivity contribution in [1.29, 1.82) is 0 Å². The molecule has 0 saturated heterocycles. The summed E-state index contributed by atoms with van der Waals surface area (Å²) in [6, 6.07) is 11.9. The van der Waals surface area contributed by atoms with Crippen LogP contribution in [0.5, 0.6) is 11.5 Å². The number of hydrogen-bond donors (Lipinski definition) is 1. The summed E-state index contributed by atoms with van der Waals surface area (Å²) in [7, 11) is 3.29. The van der Waals surface area contributed by atoms with E-state index >= 15 is 0 Å². The number of nitrogens with two attached hydrogens (primary N) is 1. The number of anilines is 1. The van der Waals surface area contributed by atoms with Gasteiger partial charge in [0, 0.05) is 22.9 Å². The molecule has 106 valence electrons. The van der Waals surface area contributed by atoms with Crippen molar-refractivity contribution in [3.05, 3.63) is 42.0 Å². The highest BCUT2D eigenvalue weighted by Crippen LogP contribution is 2.38. The number of hydrogen-bond acceptors (Lipinski definition) is 3. The molecule has 3 nitrogen and oxygen atoms in total. The van der Waals surface area contributed by atoms with Gasteiger partial charge >= 0.3 is 0 Å². The highest BCUT2D eigenvalue weighted by Gasteiger charge is 2.13. The van der Waals surface area contributed by atoms with E-state index in [1.807, 2.05) is 30.3 Å². The molecule has 0 radical (unpaired) electrons. The largest absolute Gasteiger partial charge is 0.497 e. The Kier molecular flexibility index (Phi) is 4.18. The summed E-state index contributed by atoms with van der Waals surface area (Å²) in [5.41, 5.74) is 10.3. The fraction of sp³-hybridized carbons (Fsp3) is 0.294. The smallest absolute Gasteiger partial charge is 0.130 e. The summed E-state index contributed by atoms with van der Waals surface area (Å²) >= 11 is 0. The Hall–Kier alpha value is -2.16. The maximum absolute atomic E-state index is 6.32. The van der Waals surface area contributed by atoms with E-state index in [1.165, 1.54) is 0 Å². The van der Waals surface area contributed by atoms with Gasteiger partial charge in [-0.15, -0.1) is 0 Å². The number of nitrogen functional groups attached to an aromatic ring is 1. The van der Waals surface area contributed by atoms with Gasteiger partial charge in [0.05, 0.1) is 14.2 Å². The Balaban J connectivity index is 2.59. The third kappa shape index (κ3) is 2.57. The highest BCUT2D eigenvalue weighted by atomic mass is 16.5. The van der Waals surface area contributed by atoms with Crippen molar-refractivity contribution < 1.29 is 9.47 Å². The molecular weight excluding hydrogens is 250 g/mol. The normalized spacial score (nSPS) is 10.7. The van der Waals surface area contributed by atoms with Gasteiger partial charge in [0.2, 0.25) is 0 Å². The second-order valence-electron chi connectivity index (χ2n) is 5.03. The number of para-hydroxylation sites is 1. The van der Waals surface area contributed by atoms with Crippen molar-refractivity contribution in [2.75, 3.05) is 20.0 Å². The maximum atomic E-state index is 6.32. The van der Waals surface area contributed by atoms with Gasteiger partial charge in [0.15, 0.2) is 0 Å². The molecule has 3 heteroatoms. The van der Waals surface area contributed by atoms with Crippen LogP contribution in [0.3, 0.4) is 0 Å². The lowest BCUT2D eigenvalue weighted by Crippen LogP contribution is -2.00. The number of ether oxygens (including phenoxy) is 2. The zero-order valence-electron chi connectivity index (χ0n) is 12.4. The molecule has 0 aliphatic carbocycles. The summed E-state index contributed by atoms with van der Waals surface area (Å²) in [6.45, 7) is 4.28. The molecule has 0 spiro atoms. The number of rotatable bonds is 4. The summed E-state index contributed by atoms with van der Waals surface area (Å²) in [5.74, 6) is 1.92. The lowest BCUT2D eigenvalue weighted by Gasteiger charge is -2.16. The molecule has 2 rings (SSSR count). The van der Waals surface area contributed by atoms with Gasteiger partial charge in [-0.2, -0.15) is 0 Å². The van der Waals surface area contributed by atoms with Crippen LogP contribution in [0.25, 0.3) is 11.1 Å². The summed E-state index contributed by atoms with van der Waals surface area (Å²) in [4.78, 5) is 0. The maximum Gasteiger partial charge on any atom is 0.130 e. The van der Waals surface area contributed by atoms with Gasteiger partial charge < -0.3 is 15.2 Å². The molecule has 0 amide bonds. The Bertz CT molecular complexity index is 606. The van der Waals surface area contributed by atoms with Crippen LogP contribution in [-0.4, -0.2) is 14.2 Å². The molecule has 0 aliphatic rings. The van der Waals surface area contributed by atoms with Crippen LogP contribution < -0.4 is 15.2 Å². The van der Waals surface area contributed by atoms with Gasteiger partial charge in [-0.25, -0.2) is 0 Å². The zero-order chi connectivity index (χ0) is 14.7. The van der Waals surface area contributed by atoms with Crippen LogP contribution in [0, 0.1) is 0 Å². The molecule has 0 fully saturated rings. The summed E-state index contributed by atoms with van der Waals surface area (Å²) in [5, 5.41) is 0. The topological polar surface area (TPSA) is 44.5 Å². The molecule has 2 aromatic rings. The highest BCUT2D eigenvalue weighted by molar-refractivity contribution is 5.83. The van der Waals surface area contributed by atoms with E-state index in [2.05, 4.69) is 19.9 Å². The van der Waals surface area contributed by atoms with E-state index in [4.69, 9.17) is 15.2 Å². The van der Waals surface area contributed by atoms with Gasteiger partial charge in [0.25, 0.3) is 0 Å². The lowest BCUT2D eigenvalue weighted by atomic mass is 9.94. The molecule has 0 atom stereocenters. The first-order valence-electron chi connectivity index (χ1n) is 6.69. The molecular formula is C17H21NO2. The summed E-state index contributed by atoms with van der Waals surface area (Å²) < 4.78 is 10.7. The molecule has 0 unspecified atom stereocenters. The van der Waals surface area contributed by atoms with E-state index in [9.17, 15) is 0 Å². The minimum atomic E-state index is 0.388. The van der Waals surface area contributed by atoms with Crippen LogP contribution in [0.1, 0.15) is 25.3 Å². The molecule has 2 aromatic carbocycles. The van der Waals surface area contributed by atoms with E-state index in [0.717, 1.165) is 33.9 Å². The Morgan fingerprint density at radius 1 is 0.950 bits per heavy atom. The SMILES string of the molecule is COc1ccc(-c2cccc(C(C)C)c2N)c(OC)c1. The van der Waals surface area contributed by atoms with E-state index in [0.29, 0.717) is 5.92 Å². The van der Waals surface area contributed by atoms with Crippen molar-refractivity contribution in [2.24, 2.45) is 0 Å². The standard InChI is InChI=1S/C17H21NO2/c1-11(2)13-6-5-7-15(17(13)18)14-9-8-12(19-3)10-16(14)20-4/h5-11H,18H2,1-4H3. The van der Waals surface area contributed by atoms with Gasteiger partial charge in [0.1, 0.15) is 11.5 Å². The molecule has 0 bridgehead atoms. The third-order valence-electron chi connectivity index (χ3n) is 3.46. The fourth-order valence-corrected chi connectivity index (χ4v) is 2.34. The predicted molar refractivity (Wildman–Crippen MR) is 83.5 cm³/mol. The first-order chi connectivity index (χ1) is 9.58. The minimum Gasteiger partial charge on any atom is -0.497 e. The van der Waals surface area contributed by atoms with Gasteiger partial charge in [-0.05, 0) is 23.6 Å². The van der Waals surface area contributed by atoms with Gasteiger partial charge in [-0.1, -0.05) is 32.0 Å². The van der Waals surface area contributed by atoms with Crippen LogP contribution in [0.2, 0.25) is 0 Å². The van der Waals surface area contributed by atoms with E-state index < -0.39 is 0 Å². The zero-order valence-corrected chi connectivity index (χ0v) is 12.4. The van der Waals surface area contributed by atoms with E-state index in [-0.39, 0.29) is 0 Å². The van der Waals surface area contributed by atoms with Crippen LogP contribution in [-0.2, 0) is 0 Å². The molecule has 20 heavy (non-hydrogen) atoms. The summed E-state index contributed by atoms with van der Waals surface area (Å²) in [6.07, 6.45) is 0. The average Bonchev–Trinajstić information content (AvgIpc) is 2.46. The van der Waals surface area contributed by atoms with Crippen molar-refractivity contribution in [3.8, 4) is 22.6 Å². The van der Waals surface area contributed by atoms with Crippen LogP contribution in [0.4, 0.5) is 5.69 Å². The van der Waals surface area contributed by atoms with Crippen molar-refractivity contribution >= 4 is 5.69 Å². The fourth-order valence-electron chi connectivity index (χ4n) is 2.34. The Morgan fingerprint density at radius 3 is 2.30 bits per heavy atom. The molecule has 0 aliphatic heterocycles. The molecule has 0 heterocycles. The first-order valence-corrected chi connectivity index (χ1v) is 6.69.